The lowest BCUT2D eigenvalue weighted by molar-refractivity contribution is -0.129. The van der Waals surface area contributed by atoms with Crippen LogP contribution < -0.4 is 0 Å². The van der Waals surface area contributed by atoms with Gasteiger partial charge in [0.1, 0.15) is 11.5 Å². The van der Waals surface area contributed by atoms with Crippen molar-refractivity contribution in [3.05, 3.63) is 41.2 Å². The lowest BCUT2D eigenvalue weighted by atomic mass is 10.1. The Morgan fingerprint density at radius 3 is 2.78 bits per heavy atom. The molecule has 0 unspecified atom stereocenters. The van der Waals surface area contributed by atoms with E-state index in [0.717, 1.165) is 17.0 Å². The number of carbonyl (C=O) groups excluding carboxylic acids is 1. The third kappa shape index (κ3) is 2.61. The highest BCUT2D eigenvalue weighted by molar-refractivity contribution is 5.78. The van der Waals surface area contributed by atoms with E-state index in [2.05, 4.69) is 5.16 Å². The maximum absolute atomic E-state index is 12.1. The third-order valence-electron chi connectivity index (χ3n) is 2.91. The fraction of sp³-hybridized carbons (Fsp3) is 0.385. The zero-order valence-corrected chi connectivity index (χ0v) is 10.8. The van der Waals surface area contributed by atoms with Crippen LogP contribution in [0.25, 0.3) is 0 Å². The Bertz CT molecular complexity index is 509. The number of amides is 1. The molecule has 0 aliphatic rings. The summed E-state index contributed by atoms with van der Waals surface area (Å²) in [4.78, 5) is 13.7. The lowest BCUT2D eigenvalue weighted by Gasteiger charge is -2.15. The SMILES string of the molecule is Cc1noc(C)c1CC(=O)N(C)Cc1ccco1. The summed E-state index contributed by atoms with van der Waals surface area (Å²) in [6.07, 6.45) is 1.90. The molecule has 0 atom stereocenters. The van der Waals surface area contributed by atoms with Crippen LogP contribution in [-0.2, 0) is 17.8 Å². The maximum Gasteiger partial charge on any atom is 0.227 e. The average Bonchev–Trinajstić information content (AvgIpc) is 2.94. The van der Waals surface area contributed by atoms with Gasteiger partial charge in [0.05, 0.1) is 24.9 Å². The van der Waals surface area contributed by atoms with Gasteiger partial charge in [0.25, 0.3) is 0 Å². The second-order valence-corrected chi connectivity index (χ2v) is 4.31. The summed E-state index contributed by atoms with van der Waals surface area (Å²) in [6, 6.07) is 3.65. The maximum atomic E-state index is 12.1. The minimum atomic E-state index is 0.0146. The molecule has 0 aromatic carbocycles. The molecule has 1 amide bonds. The molecule has 2 aromatic rings. The van der Waals surface area contributed by atoms with Gasteiger partial charge in [-0.1, -0.05) is 5.16 Å². The summed E-state index contributed by atoms with van der Waals surface area (Å²) in [5.41, 5.74) is 1.64. The number of rotatable bonds is 4. The first-order valence-electron chi connectivity index (χ1n) is 5.76. The van der Waals surface area contributed by atoms with Crippen LogP contribution in [0.4, 0.5) is 0 Å². The van der Waals surface area contributed by atoms with Crippen LogP contribution in [0.1, 0.15) is 22.8 Å². The number of likely N-dealkylation sites (N-methyl/N-ethyl adjacent to an activating group) is 1. The van der Waals surface area contributed by atoms with E-state index in [1.807, 2.05) is 26.0 Å². The zero-order valence-electron chi connectivity index (χ0n) is 10.8. The molecule has 0 aliphatic carbocycles. The quantitative estimate of drug-likeness (QED) is 0.831. The lowest BCUT2D eigenvalue weighted by Crippen LogP contribution is -2.27. The van der Waals surface area contributed by atoms with Crippen molar-refractivity contribution in [1.82, 2.24) is 10.1 Å². The first-order chi connectivity index (χ1) is 8.58. The van der Waals surface area contributed by atoms with Crippen LogP contribution in [-0.4, -0.2) is 23.0 Å². The van der Waals surface area contributed by atoms with Crippen LogP contribution in [0.5, 0.6) is 0 Å². The van der Waals surface area contributed by atoms with Gasteiger partial charge < -0.3 is 13.8 Å². The topological polar surface area (TPSA) is 59.5 Å². The molecule has 0 fully saturated rings. The molecule has 0 aliphatic heterocycles. The highest BCUT2D eigenvalue weighted by Crippen LogP contribution is 2.14. The van der Waals surface area contributed by atoms with Crippen LogP contribution in [0.2, 0.25) is 0 Å². The minimum Gasteiger partial charge on any atom is -0.467 e. The average molecular weight is 248 g/mol. The number of furan rings is 1. The normalized spacial score (nSPS) is 10.6. The fourth-order valence-corrected chi connectivity index (χ4v) is 1.76. The van der Waals surface area contributed by atoms with Crippen LogP contribution in [0.15, 0.2) is 27.3 Å². The summed E-state index contributed by atoms with van der Waals surface area (Å²) in [7, 11) is 1.75. The molecule has 0 saturated heterocycles. The molecule has 18 heavy (non-hydrogen) atoms. The fourth-order valence-electron chi connectivity index (χ4n) is 1.76. The predicted octanol–water partition coefficient (Wildman–Crippen LogP) is 2.09. The number of hydrogen-bond acceptors (Lipinski definition) is 4. The standard InChI is InChI=1S/C13H16N2O3/c1-9-12(10(2)18-14-9)7-13(16)15(3)8-11-5-4-6-17-11/h4-6H,7-8H2,1-3H3. The van der Waals surface area contributed by atoms with Gasteiger partial charge in [0, 0.05) is 12.6 Å². The molecule has 2 rings (SSSR count). The molecule has 96 valence electrons. The molecular weight excluding hydrogens is 232 g/mol. The number of aromatic nitrogens is 1. The van der Waals surface area contributed by atoms with E-state index in [9.17, 15) is 4.79 Å². The van der Waals surface area contributed by atoms with E-state index in [1.165, 1.54) is 0 Å². The van der Waals surface area contributed by atoms with Gasteiger partial charge in [0.2, 0.25) is 5.91 Å². The van der Waals surface area contributed by atoms with Crippen molar-refractivity contribution in [1.29, 1.82) is 0 Å². The van der Waals surface area contributed by atoms with E-state index in [-0.39, 0.29) is 5.91 Å². The summed E-state index contributed by atoms with van der Waals surface area (Å²) in [5.74, 6) is 1.48. The van der Waals surface area contributed by atoms with Gasteiger partial charge in [-0.25, -0.2) is 0 Å². The molecule has 5 nitrogen and oxygen atoms in total. The summed E-state index contributed by atoms with van der Waals surface area (Å²) >= 11 is 0. The Morgan fingerprint density at radius 2 is 2.22 bits per heavy atom. The van der Waals surface area contributed by atoms with Gasteiger partial charge >= 0.3 is 0 Å². The van der Waals surface area contributed by atoms with Gasteiger partial charge in [0.15, 0.2) is 0 Å². The predicted molar refractivity (Wildman–Crippen MR) is 64.9 cm³/mol. The van der Waals surface area contributed by atoms with Gasteiger partial charge in [-0.2, -0.15) is 0 Å². The van der Waals surface area contributed by atoms with E-state index >= 15 is 0 Å². The third-order valence-corrected chi connectivity index (χ3v) is 2.91. The van der Waals surface area contributed by atoms with E-state index < -0.39 is 0 Å². The zero-order chi connectivity index (χ0) is 13.1. The highest BCUT2D eigenvalue weighted by Gasteiger charge is 2.17. The van der Waals surface area contributed by atoms with Crippen molar-refractivity contribution in [3.63, 3.8) is 0 Å². The van der Waals surface area contributed by atoms with Gasteiger partial charge in [-0.3, -0.25) is 4.79 Å². The van der Waals surface area contributed by atoms with E-state index in [0.29, 0.717) is 18.7 Å². The first-order valence-corrected chi connectivity index (χ1v) is 5.76. The molecule has 5 heteroatoms. The molecule has 0 radical (unpaired) electrons. The number of hydrogen-bond donors (Lipinski definition) is 0. The van der Waals surface area contributed by atoms with Gasteiger partial charge in [-0.05, 0) is 26.0 Å². The van der Waals surface area contributed by atoms with Crippen molar-refractivity contribution in [2.24, 2.45) is 0 Å². The smallest absolute Gasteiger partial charge is 0.227 e. The molecule has 0 saturated carbocycles. The van der Waals surface area contributed by atoms with Crippen molar-refractivity contribution in [3.8, 4) is 0 Å². The number of carbonyl (C=O) groups is 1. The molecule has 0 bridgehead atoms. The van der Waals surface area contributed by atoms with Crippen molar-refractivity contribution < 1.29 is 13.7 Å². The van der Waals surface area contributed by atoms with Crippen molar-refractivity contribution >= 4 is 5.91 Å². The van der Waals surface area contributed by atoms with E-state index in [4.69, 9.17) is 8.94 Å². The summed E-state index contributed by atoms with van der Waals surface area (Å²) in [5, 5.41) is 3.84. The second kappa shape index (κ2) is 5.08. The molecule has 2 heterocycles. The first kappa shape index (κ1) is 12.4. The summed E-state index contributed by atoms with van der Waals surface area (Å²) < 4.78 is 10.3. The minimum absolute atomic E-state index is 0.0146. The molecule has 0 N–H and O–H groups in total. The Hall–Kier alpha value is -2.04. The Balaban J connectivity index is 2.00. The largest absolute Gasteiger partial charge is 0.467 e. The van der Waals surface area contributed by atoms with Crippen LogP contribution >= 0.6 is 0 Å². The Morgan fingerprint density at radius 1 is 1.44 bits per heavy atom. The number of nitrogens with zero attached hydrogens (tertiary/aromatic N) is 2. The highest BCUT2D eigenvalue weighted by atomic mass is 16.5. The monoisotopic (exact) mass is 248 g/mol. The summed E-state index contributed by atoms with van der Waals surface area (Å²) in [6.45, 7) is 4.12. The van der Waals surface area contributed by atoms with Crippen molar-refractivity contribution in [2.75, 3.05) is 7.05 Å². The molecule has 0 spiro atoms. The van der Waals surface area contributed by atoms with Crippen LogP contribution in [0.3, 0.4) is 0 Å². The van der Waals surface area contributed by atoms with E-state index in [1.54, 1.807) is 18.2 Å². The second-order valence-electron chi connectivity index (χ2n) is 4.31. The number of aryl methyl sites for hydroxylation is 2. The van der Waals surface area contributed by atoms with Gasteiger partial charge in [-0.15, -0.1) is 0 Å². The Labute approximate surface area is 105 Å². The Kier molecular flexibility index (Phi) is 3.50. The van der Waals surface area contributed by atoms with Crippen molar-refractivity contribution in [2.45, 2.75) is 26.8 Å². The molecule has 2 aromatic heterocycles. The van der Waals surface area contributed by atoms with Crippen LogP contribution in [0, 0.1) is 13.8 Å². The molecular formula is C13H16N2O3.